The van der Waals surface area contributed by atoms with Crippen molar-refractivity contribution in [3.63, 3.8) is 0 Å². The fraction of sp³-hybridized carbons (Fsp3) is 0.200. The second-order valence-corrected chi connectivity index (χ2v) is 27.2. The number of aromatic nitrogens is 15. The molecule has 3 aromatic carbocycles. The van der Waals surface area contributed by atoms with E-state index in [1.54, 1.807) is 105 Å². The molecular formula is C60H52Cl3F3N16O12S3. The summed E-state index contributed by atoms with van der Waals surface area (Å²) in [5.41, 5.74) is 5.30. The van der Waals surface area contributed by atoms with Crippen LogP contribution in [0.5, 0.6) is 0 Å². The van der Waals surface area contributed by atoms with Gasteiger partial charge in [-0.05, 0) is 49.2 Å². The van der Waals surface area contributed by atoms with Crippen LogP contribution in [0.3, 0.4) is 0 Å². The molecule has 504 valence electrons. The quantitative estimate of drug-likeness (QED) is 0.0487. The Balaban J connectivity index is 0.000000148. The second-order valence-electron chi connectivity index (χ2n) is 20.9. The zero-order chi connectivity index (χ0) is 68.9. The minimum absolute atomic E-state index is 0.0658. The number of H-pyrrole nitrogens is 1. The number of halogens is 6. The summed E-state index contributed by atoms with van der Waals surface area (Å²) in [5, 5.41) is 24.8. The average molecular weight is 1450 g/mol. The van der Waals surface area contributed by atoms with Crippen LogP contribution in [0.4, 0.5) is 19.0 Å². The number of nitrogens with one attached hydrogen (secondary N) is 1. The van der Waals surface area contributed by atoms with Crippen molar-refractivity contribution in [2.45, 2.75) is 74.4 Å². The van der Waals surface area contributed by atoms with Crippen molar-refractivity contribution in [1.82, 2.24) is 74.7 Å². The van der Waals surface area contributed by atoms with E-state index in [2.05, 4.69) is 71.4 Å². The van der Waals surface area contributed by atoms with Crippen molar-refractivity contribution in [3.8, 4) is 68.7 Å². The minimum Gasteiger partial charge on any atom is -0.364 e. The molecule has 0 radical (unpaired) electrons. The van der Waals surface area contributed by atoms with E-state index < -0.39 is 33.4 Å². The minimum atomic E-state index is -4.51. The van der Waals surface area contributed by atoms with Crippen molar-refractivity contribution in [2.24, 2.45) is 0 Å². The predicted octanol–water partition coefficient (Wildman–Crippen LogP) is 11.2. The van der Waals surface area contributed by atoms with Gasteiger partial charge >= 0.3 is 9.33 Å². The monoisotopic (exact) mass is 1450 g/mol. The lowest BCUT2D eigenvalue weighted by Crippen LogP contribution is -2.22. The Morgan fingerprint density at radius 3 is 1.27 bits per heavy atom. The van der Waals surface area contributed by atoms with Crippen LogP contribution in [0, 0.1) is 17.5 Å². The first-order valence-electron chi connectivity index (χ1n) is 28.9. The third-order valence-electron chi connectivity index (χ3n) is 14.3. The van der Waals surface area contributed by atoms with Gasteiger partial charge in [-0.3, -0.25) is 27.9 Å². The highest BCUT2D eigenvalue weighted by Crippen LogP contribution is 2.32. The molecule has 0 amide bonds. The van der Waals surface area contributed by atoms with Crippen LogP contribution in [-0.2, 0) is 48.1 Å². The summed E-state index contributed by atoms with van der Waals surface area (Å²) in [4.78, 5) is 35.8. The lowest BCUT2D eigenvalue weighted by molar-refractivity contribution is 0.421. The molecule has 14 rings (SSSR count). The van der Waals surface area contributed by atoms with Crippen LogP contribution in [0.25, 0.3) is 68.7 Å². The number of benzene rings is 3. The zero-order valence-corrected chi connectivity index (χ0v) is 54.8. The van der Waals surface area contributed by atoms with Gasteiger partial charge in [-0.15, -0.1) is 0 Å². The van der Waals surface area contributed by atoms with E-state index in [1.807, 2.05) is 0 Å². The highest BCUT2D eigenvalue weighted by Gasteiger charge is 2.28. The summed E-state index contributed by atoms with van der Waals surface area (Å²) in [6, 6.07) is 30.4. The summed E-state index contributed by atoms with van der Waals surface area (Å²) in [6.45, 7) is 1.66. The molecule has 0 bridgehead atoms. The summed E-state index contributed by atoms with van der Waals surface area (Å²) in [7, 11) is -3.44. The molecule has 37 heteroatoms. The van der Waals surface area contributed by atoms with Gasteiger partial charge in [-0.1, -0.05) is 114 Å². The first-order chi connectivity index (χ1) is 46.4. The van der Waals surface area contributed by atoms with Gasteiger partial charge in [0.1, 0.15) is 75.3 Å². The molecule has 1 aliphatic carbocycles. The molecule has 9 aromatic heterocycles. The maximum atomic E-state index is 14.3. The average Bonchev–Trinajstić information content (AvgIpc) is 1.77. The third kappa shape index (κ3) is 18.8. The Morgan fingerprint density at radius 1 is 0.505 bits per heavy atom. The van der Waals surface area contributed by atoms with Gasteiger partial charge in [-0.25, -0.2) is 46.5 Å². The van der Waals surface area contributed by atoms with E-state index >= 15 is 0 Å². The van der Waals surface area contributed by atoms with Crippen LogP contribution < -0.4 is 10.5 Å². The van der Waals surface area contributed by atoms with Crippen LogP contribution in [0.15, 0.2) is 181 Å². The zero-order valence-electron chi connectivity index (χ0n) is 50.1. The smallest absolute Gasteiger partial charge is 0.353 e. The van der Waals surface area contributed by atoms with E-state index in [1.165, 1.54) is 86.0 Å². The van der Waals surface area contributed by atoms with Gasteiger partial charge in [0.05, 0.1) is 49.1 Å². The van der Waals surface area contributed by atoms with E-state index in [0.717, 1.165) is 25.2 Å². The Hall–Kier alpha value is -9.81. The topological polar surface area (TPSA) is 375 Å². The third-order valence-corrected chi connectivity index (χ3v) is 16.9. The fourth-order valence-electron chi connectivity index (χ4n) is 9.81. The number of hydrogen-bond acceptors (Lipinski definition) is 22. The molecule has 1 saturated heterocycles. The van der Waals surface area contributed by atoms with Gasteiger partial charge in [-0.2, -0.15) is 32.1 Å². The molecule has 2 aliphatic rings. The van der Waals surface area contributed by atoms with Crippen molar-refractivity contribution < 1.29 is 61.1 Å². The fourth-order valence-corrected chi connectivity index (χ4v) is 11.7. The van der Waals surface area contributed by atoms with Crippen LogP contribution >= 0.6 is 33.0 Å². The molecular weight excluding hydrogens is 1400 g/mol. The number of aromatic amines is 1. The summed E-state index contributed by atoms with van der Waals surface area (Å²) in [5.74, 6) is -0.386. The first-order valence-corrected chi connectivity index (χ1v) is 35.3. The van der Waals surface area contributed by atoms with Crippen molar-refractivity contribution in [1.29, 1.82) is 0 Å². The maximum absolute atomic E-state index is 14.3. The van der Waals surface area contributed by atoms with Gasteiger partial charge < -0.3 is 23.5 Å². The molecule has 28 nitrogen and oxygen atoms in total. The lowest BCUT2D eigenvalue weighted by atomic mass is 10.2. The summed E-state index contributed by atoms with van der Waals surface area (Å²) >= 11 is 5.93. The number of hydrogen-bond donors (Lipinski definition) is 3. The van der Waals surface area contributed by atoms with E-state index in [9.17, 15) is 39.4 Å². The van der Waals surface area contributed by atoms with Crippen LogP contribution in [-0.4, -0.2) is 122 Å². The molecule has 97 heavy (non-hydrogen) atoms. The predicted molar refractivity (Wildman–Crippen MR) is 345 cm³/mol. The molecule has 0 atom stereocenters. The van der Waals surface area contributed by atoms with Crippen LogP contribution in [0.1, 0.15) is 61.6 Å². The molecule has 1 aliphatic heterocycles. The number of rotatable bonds is 15. The molecule has 0 unspecified atom stereocenters. The van der Waals surface area contributed by atoms with Gasteiger partial charge in [0.2, 0.25) is 0 Å². The molecule has 12 aromatic rings. The van der Waals surface area contributed by atoms with E-state index in [4.69, 9.17) is 48.8 Å². The Morgan fingerprint density at radius 2 is 0.897 bits per heavy atom. The van der Waals surface area contributed by atoms with Crippen molar-refractivity contribution in [2.75, 3.05) is 18.0 Å². The summed E-state index contributed by atoms with van der Waals surface area (Å²) in [6.07, 6.45) is 17.0. The summed E-state index contributed by atoms with van der Waals surface area (Å²) < 4.78 is 143. The first kappa shape index (κ1) is 70.0. The molecule has 3 N–H and O–H groups in total. The van der Waals surface area contributed by atoms with Crippen molar-refractivity contribution in [3.05, 3.63) is 202 Å². The Labute approximate surface area is 563 Å². The number of nitrogens with zero attached hydrogens (tertiary/aromatic N) is 15. The molecule has 0 spiro atoms. The Bertz CT molecular complexity index is 5060. The SMILES string of the molecule is C1CCCC1.O=S(=O)(Cl)c1cnc(-c2cc(-c3ccon3)n(Cc3ccccc3F)n2)nc1Cl.O=S(=O)(O)Cl.O=S(=O)(O)c1cnc(-c2cc(-c3ccon3)n(Cc3ccccc3F)n2)nc1N1CCCC1.O=c1ccnc(-c2cc(-c3ccon3)n(Cc3ccccc3F)n2)[nH]1. The highest BCUT2D eigenvalue weighted by molar-refractivity contribution is 8.13. The molecule has 10 heterocycles. The second kappa shape index (κ2) is 31.4. The van der Waals surface area contributed by atoms with Gasteiger partial charge in [0, 0.05) is 81.6 Å². The van der Waals surface area contributed by atoms with Gasteiger partial charge in [0.15, 0.2) is 33.3 Å². The molecule has 1 saturated carbocycles. The number of anilines is 1. The lowest BCUT2D eigenvalue weighted by Gasteiger charge is -2.18. The standard InChI is InChI=1S/C21H19FN6O4S.C17H10Cl2FN5O3S.C17H12FN5O2.C5H10.ClHO3S/c22-15-6-2-1-5-14(15)13-28-18(16-7-10-32-26-16)11-17(25-28)20-23-12-19(33(29,30)31)21(24-20)27-8-3-4-9-27;18-16-15(29(19,26)27)8-21-17(22-16)13-7-14(12-5-6-28-24-12)25(23-13)9-10-3-1-2-4-11(10)20;18-12-4-2-1-3-11(12)10-23-15(13-6-8-25-22-13)9-14(21-23)17-19-7-5-16(24)20-17;1-2-4-5-3-1;1-5(2,3)4/h1-2,5-7,10-12H,3-4,8-9,13H2,(H,29,30,31);1-8H,9H2;1-9H,10H2,(H,19,20,24);1-5H2;(H,2,3,4). The molecule has 2 fully saturated rings. The normalized spacial score (nSPS) is 13.0. The van der Waals surface area contributed by atoms with Crippen LogP contribution in [0.2, 0.25) is 5.15 Å². The largest absolute Gasteiger partial charge is 0.364 e. The Kier molecular flexibility index (Phi) is 22.6. The van der Waals surface area contributed by atoms with E-state index in [0.29, 0.717) is 81.2 Å². The van der Waals surface area contributed by atoms with Crippen molar-refractivity contribution >= 4 is 67.3 Å². The highest BCUT2D eigenvalue weighted by atomic mass is 35.7. The maximum Gasteiger partial charge on any atom is 0.353 e. The van der Waals surface area contributed by atoms with Gasteiger partial charge in [0.25, 0.3) is 24.7 Å². The van der Waals surface area contributed by atoms with E-state index in [-0.39, 0.29) is 75.9 Å².